The summed E-state index contributed by atoms with van der Waals surface area (Å²) in [6.45, 7) is 0.661. The van der Waals surface area contributed by atoms with E-state index in [1.54, 1.807) is 23.1 Å². The number of halogens is 1. The molecule has 1 N–H and O–H groups in total. The predicted octanol–water partition coefficient (Wildman–Crippen LogP) is 2.10. The van der Waals surface area contributed by atoms with E-state index in [1.165, 1.54) is 13.2 Å². The molecule has 1 unspecified atom stereocenters. The van der Waals surface area contributed by atoms with Crippen LogP contribution in [0.4, 0.5) is 4.39 Å². The molecule has 1 heterocycles. The van der Waals surface area contributed by atoms with Crippen LogP contribution in [-0.2, 0) is 20.7 Å². The van der Waals surface area contributed by atoms with Crippen molar-refractivity contribution in [2.75, 3.05) is 26.8 Å². The number of carbonyl (C=O) groups is 2. The Bertz CT molecular complexity index is 658. The van der Waals surface area contributed by atoms with E-state index in [2.05, 4.69) is 0 Å². The number of ether oxygens (including phenoxy) is 1. The van der Waals surface area contributed by atoms with E-state index in [-0.39, 0.29) is 24.9 Å². The van der Waals surface area contributed by atoms with Crippen molar-refractivity contribution < 1.29 is 23.8 Å². The number of carboxylic acid groups (broad SMARTS) is 1. The molecular weight excluding hydrogens is 313 g/mol. The third kappa shape index (κ3) is 2.90. The van der Waals surface area contributed by atoms with Crippen LogP contribution in [0.5, 0.6) is 0 Å². The summed E-state index contributed by atoms with van der Waals surface area (Å²) in [5, 5.41) is 9.52. The summed E-state index contributed by atoms with van der Waals surface area (Å²) in [4.78, 5) is 26.2. The number of methoxy groups -OCH3 is 1. The molecule has 0 bridgehead atoms. The Morgan fingerprint density at radius 2 is 1.96 bits per heavy atom. The standard InChI is InChI=1S/C18H22FNO4/c1-24-12-18(16(22)23)8-9-20(11-18)15(21)17(6-7-17)10-13-4-2-3-5-14(13)19/h2-5H,6-12H2,1H3,(H,22,23). The summed E-state index contributed by atoms with van der Waals surface area (Å²) in [6, 6.07) is 6.51. The van der Waals surface area contributed by atoms with Crippen molar-refractivity contribution in [3.05, 3.63) is 35.6 Å². The van der Waals surface area contributed by atoms with Crippen LogP contribution in [0.1, 0.15) is 24.8 Å². The normalized spacial score (nSPS) is 24.8. The van der Waals surface area contributed by atoms with Crippen LogP contribution in [0.15, 0.2) is 24.3 Å². The maximum atomic E-state index is 13.9. The van der Waals surface area contributed by atoms with E-state index in [9.17, 15) is 19.1 Å². The van der Waals surface area contributed by atoms with Gasteiger partial charge in [-0.2, -0.15) is 0 Å². The monoisotopic (exact) mass is 335 g/mol. The molecule has 1 atom stereocenters. The van der Waals surface area contributed by atoms with Crippen molar-refractivity contribution in [3.8, 4) is 0 Å². The quantitative estimate of drug-likeness (QED) is 0.864. The smallest absolute Gasteiger partial charge is 0.313 e. The number of aliphatic carboxylic acids is 1. The molecule has 24 heavy (non-hydrogen) atoms. The fourth-order valence-electron chi connectivity index (χ4n) is 3.64. The first-order valence-corrected chi connectivity index (χ1v) is 8.18. The summed E-state index contributed by atoms with van der Waals surface area (Å²) < 4.78 is 19.0. The van der Waals surface area contributed by atoms with Gasteiger partial charge in [0.05, 0.1) is 12.0 Å². The highest BCUT2D eigenvalue weighted by Crippen LogP contribution is 2.51. The first-order chi connectivity index (χ1) is 11.4. The minimum atomic E-state index is -1.03. The molecule has 1 amide bonds. The third-order valence-corrected chi connectivity index (χ3v) is 5.31. The van der Waals surface area contributed by atoms with Gasteiger partial charge in [-0.1, -0.05) is 18.2 Å². The van der Waals surface area contributed by atoms with Crippen LogP contribution in [0.2, 0.25) is 0 Å². The lowest BCUT2D eigenvalue weighted by atomic mass is 9.88. The lowest BCUT2D eigenvalue weighted by molar-refractivity contribution is -0.152. The molecule has 0 aromatic heterocycles. The van der Waals surface area contributed by atoms with Gasteiger partial charge in [-0.25, -0.2) is 4.39 Å². The first kappa shape index (κ1) is 16.9. The number of carbonyl (C=O) groups excluding carboxylic acids is 1. The van der Waals surface area contributed by atoms with Crippen molar-refractivity contribution in [1.82, 2.24) is 4.90 Å². The van der Waals surface area contributed by atoms with Crippen molar-refractivity contribution in [1.29, 1.82) is 0 Å². The number of likely N-dealkylation sites (tertiary alicyclic amines) is 1. The second-order valence-electron chi connectivity index (χ2n) is 7.04. The largest absolute Gasteiger partial charge is 0.481 e. The van der Waals surface area contributed by atoms with Crippen LogP contribution in [0, 0.1) is 16.6 Å². The van der Waals surface area contributed by atoms with Crippen molar-refractivity contribution in [2.24, 2.45) is 10.8 Å². The van der Waals surface area contributed by atoms with Crippen LogP contribution in [0.3, 0.4) is 0 Å². The predicted molar refractivity (Wildman–Crippen MR) is 84.9 cm³/mol. The molecule has 1 aromatic carbocycles. The van der Waals surface area contributed by atoms with Gasteiger partial charge in [0.15, 0.2) is 0 Å². The number of hydrogen-bond donors (Lipinski definition) is 1. The zero-order valence-electron chi connectivity index (χ0n) is 13.8. The van der Waals surface area contributed by atoms with E-state index >= 15 is 0 Å². The topological polar surface area (TPSA) is 66.8 Å². The van der Waals surface area contributed by atoms with Crippen molar-refractivity contribution in [2.45, 2.75) is 25.7 Å². The minimum Gasteiger partial charge on any atom is -0.481 e. The Balaban J connectivity index is 1.73. The number of carboxylic acids is 1. The molecule has 1 saturated carbocycles. The van der Waals surface area contributed by atoms with E-state index in [1.807, 2.05) is 0 Å². The van der Waals surface area contributed by atoms with Crippen molar-refractivity contribution >= 4 is 11.9 Å². The number of rotatable bonds is 6. The highest BCUT2D eigenvalue weighted by Gasteiger charge is 2.55. The van der Waals surface area contributed by atoms with Gasteiger partial charge in [0.2, 0.25) is 5.91 Å². The Hall–Kier alpha value is -1.95. The van der Waals surface area contributed by atoms with Gasteiger partial charge in [-0.3, -0.25) is 9.59 Å². The summed E-state index contributed by atoms with van der Waals surface area (Å²) in [6.07, 6.45) is 2.21. The highest BCUT2D eigenvalue weighted by molar-refractivity contribution is 5.87. The van der Waals surface area contributed by atoms with E-state index in [0.29, 0.717) is 24.9 Å². The molecule has 1 aliphatic carbocycles. The number of amides is 1. The average Bonchev–Trinajstić information content (AvgIpc) is 3.20. The zero-order chi connectivity index (χ0) is 17.4. The molecule has 6 heteroatoms. The molecule has 2 aliphatic rings. The van der Waals surface area contributed by atoms with Gasteiger partial charge < -0.3 is 14.7 Å². The fraction of sp³-hybridized carbons (Fsp3) is 0.556. The lowest BCUT2D eigenvalue weighted by Gasteiger charge is -2.26. The maximum Gasteiger partial charge on any atom is 0.313 e. The fourth-order valence-corrected chi connectivity index (χ4v) is 3.64. The van der Waals surface area contributed by atoms with E-state index in [4.69, 9.17) is 4.74 Å². The third-order valence-electron chi connectivity index (χ3n) is 5.31. The van der Waals surface area contributed by atoms with Crippen LogP contribution < -0.4 is 0 Å². The molecule has 5 nitrogen and oxygen atoms in total. The second kappa shape index (κ2) is 6.16. The Kier molecular flexibility index (Phi) is 4.34. The summed E-state index contributed by atoms with van der Waals surface area (Å²) in [7, 11) is 1.47. The van der Waals surface area contributed by atoms with Gasteiger partial charge in [0, 0.05) is 20.2 Å². The Labute approximate surface area is 140 Å². The van der Waals surface area contributed by atoms with Crippen molar-refractivity contribution in [3.63, 3.8) is 0 Å². The lowest BCUT2D eigenvalue weighted by Crippen LogP contribution is -2.42. The second-order valence-corrected chi connectivity index (χ2v) is 7.04. The summed E-state index contributed by atoms with van der Waals surface area (Å²) in [5.41, 5.74) is -1.05. The molecule has 0 radical (unpaired) electrons. The minimum absolute atomic E-state index is 0.0509. The number of nitrogens with zero attached hydrogens (tertiary/aromatic N) is 1. The van der Waals surface area contributed by atoms with Crippen LogP contribution in [-0.4, -0.2) is 48.7 Å². The van der Waals surface area contributed by atoms with Gasteiger partial charge in [-0.15, -0.1) is 0 Å². The van der Waals surface area contributed by atoms with Gasteiger partial charge in [-0.05, 0) is 37.3 Å². The number of benzene rings is 1. The highest BCUT2D eigenvalue weighted by atomic mass is 19.1. The van der Waals surface area contributed by atoms with Crippen LogP contribution in [0.25, 0.3) is 0 Å². The molecule has 1 aliphatic heterocycles. The Morgan fingerprint density at radius 3 is 2.54 bits per heavy atom. The molecule has 1 saturated heterocycles. The summed E-state index contributed by atoms with van der Waals surface area (Å²) in [5.74, 6) is -1.28. The van der Waals surface area contributed by atoms with Gasteiger partial charge in [0.25, 0.3) is 0 Å². The summed E-state index contributed by atoms with van der Waals surface area (Å²) >= 11 is 0. The average molecular weight is 335 g/mol. The van der Waals surface area contributed by atoms with Gasteiger partial charge >= 0.3 is 5.97 Å². The molecule has 0 spiro atoms. The molecule has 1 aromatic rings. The van der Waals surface area contributed by atoms with Crippen LogP contribution >= 0.6 is 0 Å². The molecule has 2 fully saturated rings. The number of hydrogen-bond acceptors (Lipinski definition) is 3. The van der Waals surface area contributed by atoms with E-state index in [0.717, 1.165) is 12.8 Å². The molecule has 130 valence electrons. The zero-order valence-corrected chi connectivity index (χ0v) is 13.8. The first-order valence-electron chi connectivity index (χ1n) is 8.18. The maximum absolute atomic E-state index is 13.9. The SMILES string of the molecule is COCC1(C(=O)O)CCN(C(=O)C2(Cc3ccccc3F)CC2)C1. The molecule has 3 rings (SSSR count). The van der Waals surface area contributed by atoms with E-state index < -0.39 is 16.8 Å². The Morgan fingerprint density at radius 1 is 1.25 bits per heavy atom. The van der Waals surface area contributed by atoms with Gasteiger partial charge in [0.1, 0.15) is 11.2 Å². The molecular formula is C18H22FNO4.